The molecule has 184 valence electrons. The highest BCUT2D eigenvalue weighted by atomic mass is 16.7. The van der Waals surface area contributed by atoms with Gasteiger partial charge in [-0.2, -0.15) is 0 Å². The van der Waals surface area contributed by atoms with Gasteiger partial charge in [-0.25, -0.2) is 9.59 Å². The minimum absolute atomic E-state index is 0.0232. The van der Waals surface area contributed by atoms with Crippen LogP contribution >= 0.6 is 0 Å². The molecule has 33 heavy (non-hydrogen) atoms. The van der Waals surface area contributed by atoms with Gasteiger partial charge in [0.25, 0.3) is 23.6 Å². The lowest BCUT2D eigenvalue weighted by Gasteiger charge is -2.32. The van der Waals surface area contributed by atoms with Crippen LogP contribution in [0.25, 0.3) is 0 Å². The summed E-state index contributed by atoms with van der Waals surface area (Å²) in [5, 5.41) is 1.05. The molecule has 0 aliphatic carbocycles. The molecule has 0 aromatic heterocycles. The Bertz CT molecular complexity index is 795. The predicted octanol–water partition coefficient (Wildman–Crippen LogP) is 1.97. The monoisotopic (exact) mass is 468 g/mol. The molecule has 0 aromatic carbocycles. The zero-order chi connectivity index (χ0) is 24.8. The van der Waals surface area contributed by atoms with Crippen molar-refractivity contribution in [2.24, 2.45) is 5.41 Å². The highest BCUT2D eigenvalue weighted by molar-refractivity contribution is 6.02. The molecule has 11 nitrogen and oxygen atoms in total. The molecule has 2 aliphatic heterocycles. The number of ether oxygens (including phenoxy) is 1. The SMILES string of the molecule is CCC(C)(CCC(=O)ON1C(=O)CCC1=O)OCCC(C)(CC)C(=O)ON1C(=O)CCC1=O. The van der Waals surface area contributed by atoms with Crippen molar-refractivity contribution >= 4 is 35.6 Å². The van der Waals surface area contributed by atoms with E-state index in [0.29, 0.717) is 23.0 Å². The van der Waals surface area contributed by atoms with Gasteiger partial charge in [0, 0.05) is 32.3 Å². The predicted molar refractivity (Wildman–Crippen MR) is 111 cm³/mol. The maximum Gasteiger partial charge on any atom is 0.339 e. The van der Waals surface area contributed by atoms with E-state index in [1.165, 1.54) is 0 Å². The van der Waals surface area contributed by atoms with Crippen LogP contribution < -0.4 is 0 Å². The average molecular weight is 469 g/mol. The fraction of sp³-hybridized carbons (Fsp3) is 0.727. The fourth-order valence-corrected chi connectivity index (χ4v) is 3.32. The van der Waals surface area contributed by atoms with Crippen LogP contribution in [0.5, 0.6) is 0 Å². The molecular formula is C22H32N2O9. The largest absolute Gasteiger partial charge is 0.375 e. The Morgan fingerprint density at radius 3 is 1.73 bits per heavy atom. The van der Waals surface area contributed by atoms with Crippen LogP contribution in [0, 0.1) is 5.41 Å². The average Bonchev–Trinajstić information content (AvgIpc) is 3.27. The van der Waals surface area contributed by atoms with E-state index < -0.39 is 46.6 Å². The first-order valence-corrected chi connectivity index (χ1v) is 11.2. The lowest BCUT2D eigenvalue weighted by molar-refractivity contribution is -0.206. The molecule has 0 aromatic rings. The fourth-order valence-electron chi connectivity index (χ4n) is 3.32. The van der Waals surface area contributed by atoms with E-state index in [1.807, 2.05) is 13.8 Å². The minimum Gasteiger partial charge on any atom is -0.375 e. The van der Waals surface area contributed by atoms with Gasteiger partial charge in [-0.3, -0.25) is 19.2 Å². The molecule has 0 saturated carbocycles. The van der Waals surface area contributed by atoms with Crippen LogP contribution in [0.15, 0.2) is 0 Å². The van der Waals surface area contributed by atoms with Gasteiger partial charge in [-0.15, -0.1) is 10.1 Å². The molecule has 2 aliphatic rings. The quantitative estimate of drug-likeness (QED) is 0.394. The zero-order valence-corrected chi connectivity index (χ0v) is 19.6. The Balaban J connectivity index is 1.85. The van der Waals surface area contributed by atoms with Crippen molar-refractivity contribution < 1.29 is 43.2 Å². The van der Waals surface area contributed by atoms with Crippen LogP contribution in [0.4, 0.5) is 0 Å². The number of carbonyl (C=O) groups excluding carboxylic acids is 6. The van der Waals surface area contributed by atoms with E-state index in [0.717, 1.165) is 0 Å². The third-order valence-corrected chi connectivity index (χ3v) is 6.36. The first-order valence-electron chi connectivity index (χ1n) is 11.2. The highest BCUT2D eigenvalue weighted by Gasteiger charge is 2.40. The first kappa shape index (κ1) is 26.4. The highest BCUT2D eigenvalue weighted by Crippen LogP contribution is 2.31. The van der Waals surface area contributed by atoms with Crippen molar-refractivity contribution in [3.05, 3.63) is 0 Å². The van der Waals surface area contributed by atoms with Crippen molar-refractivity contribution in [2.75, 3.05) is 6.61 Å². The van der Waals surface area contributed by atoms with Crippen LogP contribution in [0.1, 0.15) is 85.5 Å². The lowest BCUT2D eigenvalue weighted by atomic mass is 9.84. The summed E-state index contributed by atoms with van der Waals surface area (Å²) in [6, 6.07) is 0. The van der Waals surface area contributed by atoms with Gasteiger partial charge in [0.1, 0.15) is 0 Å². The Morgan fingerprint density at radius 2 is 1.27 bits per heavy atom. The Kier molecular flexibility index (Phi) is 8.70. The lowest BCUT2D eigenvalue weighted by Crippen LogP contribution is -2.40. The van der Waals surface area contributed by atoms with Gasteiger partial charge in [0.05, 0.1) is 17.4 Å². The van der Waals surface area contributed by atoms with Gasteiger partial charge in [0.2, 0.25) is 0 Å². The molecule has 0 spiro atoms. The zero-order valence-electron chi connectivity index (χ0n) is 19.6. The Morgan fingerprint density at radius 1 is 0.788 bits per heavy atom. The number of hydrogen-bond acceptors (Lipinski definition) is 9. The van der Waals surface area contributed by atoms with Crippen molar-refractivity contribution in [2.45, 2.75) is 91.1 Å². The van der Waals surface area contributed by atoms with E-state index in [9.17, 15) is 28.8 Å². The van der Waals surface area contributed by atoms with Crippen molar-refractivity contribution in [1.29, 1.82) is 0 Å². The van der Waals surface area contributed by atoms with Crippen molar-refractivity contribution in [3.63, 3.8) is 0 Å². The molecule has 0 N–H and O–H groups in total. The van der Waals surface area contributed by atoms with Gasteiger partial charge in [0.15, 0.2) is 0 Å². The van der Waals surface area contributed by atoms with Crippen LogP contribution in [-0.2, 0) is 43.2 Å². The molecule has 2 unspecified atom stereocenters. The second-order valence-corrected chi connectivity index (χ2v) is 8.82. The van der Waals surface area contributed by atoms with E-state index in [-0.39, 0.29) is 51.6 Å². The third kappa shape index (κ3) is 6.59. The topological polar surface area (TPSA) is 137 Å². The maximum absolute atomic E-state index is 12.7. The second-order valence-electron chi connectivity index (χ2n) is 8.82. The normalized spacial score (nSPS) is 20.1. The number of imide groups is 2. The molecular weight excluding hydrogens is 436 g/mol. The molecule has 2 rings (SSSR count). The third-order valence-electron chi connectivity index (χ3n) is 6.36. The summed E-state index contributed by atoms with van der Waals surface area (Å²) < 4.78 is 5.99. The van der Waals surface area contributed by atoms with Crippen molar-refractivity contribution in [3.8, 4) is 0 Å². The molecule has 2 atom stereocenters. The summed E-state index contributed by atoms with van der Waals surface area (Å²) in [5.41, 5.74) is -1.69. The number of amides is 4. The molecule has 0 bridgehead atoms. The minimum atomic E-state index is -0.979. The summed E-state index contributed by atoms with van der Waals surface area (Å²) in [4.78, 5) is 81.3. The molecule has 2 fully saturated rings. The van der Waals surface area contributed by atoms with Crippen LogP contribution in [0.2, 0.25) is 0 Å². The van der Waals surface area contributed by atoms with E-state index >= 15 is 0 Å². The number of nitrogens with zero attached hydrogens (tertiary/aromatic N) is 2. The van der Waals surface area contributed by atoms with Crippen LogP contribution in [0.3, 0.4) is 0 Å². The summed E-state index contributed by atoms with van der Waals surface area (Å²) in [7, 11) is 0. The van der Waals surface area contributed by atoms with Gasteiger partial charge in [-0.1, -0.05) is 13.8 Å². The van der Waals surface area contributed by atoms with Gasteiger partial charge < -0.3 is 14.4 Å². The summed E-state index contributed by atoms with van der Waals surface area (Å²) in [6.45, 7) is 7.34. The summed E-state index contributed by atoms with van der Waals surface area (Å²) >= 11 is 0. The molecule has 2 heterocycles. The second kappa shape index (κ2) is 10.9. The summed E-state index contributed by atoms with van der Waals surface area (Å²) in [6.07, 6.45) is 1.56. The first-order chi connectivity index (χ1) is 15.4. The van der Waals surface area contributed by atoms with Gasteiger partial charge >= 0.3 is 11.9 Å². The van der Waals surface area contributed by atoms with E-state index in [4.69, 9.17) is 14.4 Å². The maximum atomic E-state index is 12.7. The Labute approximate surface area is 192 Å². The number of hydrogen-bond donors (Lipinski definition) is 0. The van der Waals surface area contributed by atoms with E-state index in [1.54, 1.807) is 13.8 Å². The molecule has 4 amide bonds. The van der Waals surface area contributed by atoms with Crippen LogP contribution in [-0.4, -0.2) is 57.9 Å². The van der Waals surface area contributed by atoms with E-state index in [2.05, 4.69) is 0 Å². The summed E-state index contributed by atoms with van der Waals surface area (Å²) in [5.74, 6) is -3.53. The Hall–Kier alpha value is -2.82. The number of rotatable bonds is 12. The molecule has 11 heteroatoms. The van der Waals surface area contributed by atoms with Gasteiger partial charge in [-0.05, 0) is 39.5 Å². The molecule has 2 saturated heterocycles. The standard InChI is InChI=1S/C22H32N2O9/c1-5-21(3,20(30)33-24-17(27)9-10-18(24)28)13-14-31-22(4,6-2)12-11-19(29)32-23-15(25)7-8-16(23)26/h5-14H2,1-4H3. The number of carbonyl (C=O) groups is 6. The molecule has 0 radical (unpaired) electrons. The van der Waals surface area contributed by atoms with Crippen molar-refractivity contribution in [1.82, 2.24) is 10.1 Å². The number of hydroxylamine groups is 4. The smallest absolute Gasteiger partial charge is 0.339 e.